The molecule has 0 atom stereocenters. The predicted octanol–water partition coefficient (Wildman–Crippen LogP) is 4.26. The molecule has 0 radical (unpaired) electrons. The molecule has 0 aliphatic carbocycles. The predicted molar refractivity (Wildman–Crippen MR) is 121 cm³/mol. The fourth-order valence-corrected chi connectivity index (χ4v) is 3.59. The molecule has 0 aliphatic rings. The molecule has 8 heteroatoms. The van der Waals surface area contributed by atoms with Gasteiger partial charge >= 0.3 is 5.97 Å². The Morgan fingerprint density at radius 1 is 1.09 bits per heavy atom. The zero-order chi connectivity index (χ0) is 23.4. The molecule has 0 N–H and O–H groups in total. The number of amides is 1. The van der Waals surface area contributed by atoms with Crippen molar-refractivity contribution >= 4 is 40.6 Å². The third kappa shape index (κ3) is 4.50. The molecule has 0 aliphatic heterocycles. The van der Waals surface area contributed by atoms with E-state index >= 15 is 0 Å². The van der Waals surface area contributed by atoms with Crippen molar-refractivity contribution < 1.29 is 23.5 Å². The summed E-state index contributed by atoms with van der Waals surface area (Å²) in [6.45, 7) is 2.35. The fraction of sp³-hybridized carbons (Fsp3) is 0.120. The first-order valence-electron chi connectivity index (χ1n) is 10.3. The highest BCUT2D eigenvalue weighted by atomic mass is 19.1. The van der Waals surface area contributed by atoms with Crippen LogP contribution in [0, 0.1) is 5.82 Å². The zero-order valence-corrected chi connectivity index (χ0v) is 17.8. The normalized spacial score (nSPS) is 10.7. The number of aldehydes is 1. The Hall–Kier alpha value is -4.33. The molecular formula is C25H20FN3O4. The Morgan fingerprint density at radius 3 is 2.48 bits per heavy atom. The van der Waals surface area contributed by atoms with Gasteiger partial charge in [0, 0.05) is 30.0 Å². The number of benzene rings is 2. The molecular weight excluding hydrogens is 425 g/mol. The van der Waals surface area contributed by atoms with Gasteiger partial charge in [-0.15, -0.1) is 0 Å². The number of aromatic nitrogens is 2. The number of esters is 1. The van der Waals surface area contributed by atoms with Crippen molar-refractivity contribution in [1.82, 2.24) is 9.55 Å². The van der Waals surface area contributed by atoms with Crippen LogP contribution < -0.4 is 4.90 Å². The molecule has 0 bridgehead atoms. The number of nitrogens with zero attached hydrogens (tertiary/aromatic N) is 3. The van der Waals surface area contributed by atoms with E-state index < -0.39 is 11.9 Å². The van der Waals surface area contributed by atoms with E-state index in [-0.39, 0.29) is 18.7 Å². The lowest BCUT2D eigenvalue weighted by molar-refractivity contribution is -0.129. The Morgan fingerprint density at radius 2 is 1.82 bits per heavy atom. The van der Waals surface area contributed by atoms with E-state index in [1.54, 1.807) is 55.7 Å². The average Bonchev–Trinajstić information content (AvgIpc) is 3.19. The summed E-state index contributed by atoms with van der Waals surface area (Å²) < 4.78 is 20.1. The molecule has 4 aromatic rings. The first-order chi connectivity index (χ1) is 16.0. The van der Waals surface area contributed by atoms with Crippen LogP contribution in [0.15, 0.2) is 73.1 Å². The van der Waals surface area contributed by atoms with E-state index in [0.717, 1.165) is 5.56 Å². The molecule has 0 saturated heterocycles. The lowest BCUT2D eigenvalue weighted by Gasteiger charge is -2.20. The SMILES string of the molecule is CCOC(=O)c1ccc(N(C(=O)C=O)c2cn(Cc3ccc(F)cc3)c3ncccc23)cc1. The van der Waals surface area contributed by atoms with Crippen molar-refractivity contribution in [3.8, 4) is 0 Å². The molecule has 2 aromatic heterocycles. The van der Waals surface area contributed by atoms with Crippen molar-refractivity contribution in [3.05, 3.63) is 90.0 Å². The summed E-state index contributed by atoms with van der Waals surface area (Å²) in [4.78, 5) is 41.8. The van der Waals surface area contributed by atoms with Crippen LogP contribution in [0.3, 0.4) is 0 Å². The number of anilines is 2. The first kappa shape index (κ1) is 21.9. The van der Waals surface area contributed by atoms with Crippen molar-refractivity contribution in [1.29, 1.82) is 0 Å². The molecule has 2 heterocycles. The molecule has 0 spiro atoms. The lowest BCUT2D eigenvalue weighted by atomic mass is 10.1. The highest BCUT2D eigenvalue weighted by Gasteiger charge is 2.23. The van der Waals surface area contributed by atoms with Crippen LogP contribution in [-0.2, 0) is 20.9 Å². The van der Waals surface area contributed by atoms with Gasteiger partial charge in [0.2, 0.25) is 6.29 Å². The summed E-state index contributed by atoms with van der Waals surface area (Å²) in [6, 6.07) is 15.9. The maximum Gasteiger partial charge on any atom is 0.338 e. The van der Waals surface area contributed by atoms with E-state index in [1.807, 2.05) is 4.57 Å². The van der Waals surface area contributed by atoms with Crippen LogP contribution in [0.1, 0.15) is 22.8 Å². The Kier molecular flexibility index (Phi) is 6.26. The summed E-state index contributed by atoms with van der Waals surface area (Å²) in [5.41, 5.74) is 2.65. The number of fused-ring (bicyclic) bond motifs is 1. The molecule has 0 saturated carbocycles. The summed E-state index contributed by atoms with van der Waals surface area (Å²) in [6.07, 6.45) is 3.59. The molecule has 4 rings (SSSR count). The van der Waals surface area contributed by atoms with Crippen molar-refractivity contribution in [2.75, 3.05) is 11.5 Å². The minimum absolute atomic E-state index is 0.235. The van der Waals surface area contributed by atoms with Crippen LogP contribution in [0.5, 0.6) is 0 Å². The molecule has 1 amide bonds. The number of pyridine rings is 1. The van der Waals surface area contributed by atoms with Crippen LogP contribution >= 0.6 is 0 Å². The smallest absolute Gasteiger partial charge is 0.338 e. The number of ether oxygens (including phenoxy) is 1. The van der Waals surface area contributed by atoms with E-state index in [9.17, 15) is 18.8 Å². The van der Waals surface area contributed by atoms with Crippen LogP contribution in [0.25, 0.3) is 11.0 Å². The number of halogens is 1. The Labute approximate surface area is 189 Å². The number of carbonyl (C=O) groups is 3. The van der Waals surface area contributed by atoms with Crippen molar-refractivity contribution in [2.45, 2.75) is 13.5 Å². The topological polar surface area (TPSA) is 81.5 Å². The fourth-order valence-electron chi connectivity index (χ4n) is 3.59. The number of rotatable bonds is 7. The van der Waals surface area contributed by atoms with E-state index in [1.165, 1.54) is 29.2 Å². The minimum atomic E-state index is -0.774. The summed E-state index contributed by atoms with van der Waals surface area (Å²) in [5, 5.41) is 0.657. The van der Waals surface area contributed by atoms with Gasteiger partial charge in [-0.05, 0) is 61.0 Å². The molecule has 7 nitrogen and oxygen atoms in total. The van der Waals surface area contributed by atoms with Crippen LogP contribution in [-0.4, -0.2) is 34.3 Å². The Balaban J connectivity index is 1.78. The maximum atomic E-state index is 13.3. The van der Waals surface area contributed by atoms with Gasteiger partial charge < -0.3 is 9.30 Å². The zero-order valence-electron chi connectivity index (χ0n) is 17.8. The van der Waals surface area contributed by atoms with Crippen LogP contribution in [0.2, 0.25) is 0 Å². The third-order valence-electron chi connectivity index (χ3n) is 5.08. The molecule has 166 valence electrons. The Bertz CT molecular complexity index is 1310. The van der Waals surface area contributed by atoms with Gasteiger partial charge in [0.15, 0.2) is 0 Å². The highest BCUT2D eigenvalue weighted by Crippen LogP contribution is 2.34. The number of hydrogen-bond acceptors (Lipinski definition) is 5. The molecule has 0 unspecified atom stereocenters. The molecule has 2 aromatic carbocycles. The molecule has 0 fully saturated rings. The second kappa shape index (κ2) is 9.44. The second-order valence-corrected chi connectivity index (χ2v) is 7.20. The number of carbonyl (C=O) groups excluding carboxylic acids is 3. The van der Waals surface area contributed by atoms with Crippen molar-refractivity contribution in [2.24, 2.45) is 0 Å². The van der Waals surface area contributed by atoms with Gasteiger partial charge in [0.1, 0.15) is 11.5 Å². The second-order valence-electron chi connectivity index (χ2n) is 7.20. The third-order valence-corrected chi connectivity index (χ3v) is 5.08. The monoisotopic (exact) mass is 445 g/mol. The van der Waals surface area contributed by atoms with Gasteiger partial charge in [0.25, 0.3) is 5.91 Å². The highest BCUT2D eigenvalue weighted by molar-refractivity contribution is 6.33. The summed E-state index contributed by atoms with van der Waals surface area (Å²) in [5.74, 6) is -1.58. The minimum Gasteiger partial charge on any atom is -0.462 e. The summed E-state index contributed by atoms with van der Waals surface area (Å²) >= 11 is 0. The lowest BCUT2D eigenvalue weighted by Crippen LogP contribution is -2.26. The first-order valence-corrected chi connectivity index (χ1v) is 10.3. The van der Waals surface area contributed by atoms with Gasteiger partial charge in [-0.25, -0.2) is 14.2 Å². The quantitative estimate of drug-likeness (QED) is 0.241. The molecule has 33 heavy (non-hydrogen) atoms. The van der Waals surface area contributed by atoms with Gasteiger partial charge in [0.05, 0.1) is 17.9 Å². The van der Waals surface area contributed by atoms with Gasteiger partial charge in [-0.3, -0.25) is 14.5 Å². The van der Waals surface area contributed by atoms with Crippen LogP contribution in [0.4, 0.5) is 15.8 Å². The summed E-state index contributed by atoms with van der Waals surface area (Å²) in [7, 11) is 0. The maximum absolute atomic E-state index is 13.3. The number of hydrogen-bond donors (Lipinski definition) is 0. The van der Waals surface area contributed by atoms with E-state index in [2.05, 4.69) is 4.98 Å². The van der Waals surface area contributed by atoms with E-state index in [0.29, 0.717) is 34.5 Å². The van der Waals surface area contributed by atoms with Gasteiger partial charge in [-0.1, -0.05) is 12.1 Å². The average molecular weight is 445 g/mol. The van der Waals surface area contributed by atoms with Gasteiger partial charge in [-0.2, -0.15) is 0 Å². The van der Waals surface area contributed by atoms with Crippen molar-refractivity contribution in [3.63, 3.8) is 0 Å². The van der Waals surface area contributed by atoms with E-state index in [4.69, 9.17) is 4.74 Å². The standard InChI is InChI=1S/C25H20FN3O4/c1-2-33-25(32)18-7-11-20(12-8-18)29(23(31)16-30)22-15-28(24-21(22)4-3-13-27-24)14-17-5-9-19(26)10-6-17/h3-13,15-16H,2,14H2,1H3. The largest absolute Gasteiger partial charge is 0.462 e.